The lowest BCUT2D eigenvalue weighted by atomic mass is 10.0. The zero-order valence-electron chi connectivity index (χ0n) is 13.7. The van der Waals surface area contributed by atoms with E-state index in [1.807, 2.05) is 18.2 Å². The molecule has 1 atom stereocenters. The predicted molar refractivity (Wildman–Crippen MR) is 91.0 cm³/mol. The highest BCUT2D eigenvalue weighted by Crippen LogP contribution is 2.20. The van der Waals surface area contributed by atoms with Gasteiger partial charge in [0.1, 0.15) is 5.75 Å². The van der Waals surface area contributed by atoms with E-state index >= 15 is 0 Å². The van der Waals surface area contributed by atoms with Crippen molar-refractivity contribution in [1.29, 1.82) is 0 Å². The highest BCUT2D eigenvalue weighted by atomic mass is 16.5. The first-order valence-corrected chi connectivity index (χ1v) is 7.77. The number of carbonyl (C=O) groups is 2. The summed E-state index contributed by atoms with van der Waals surface area (Å²) in [5.41, 5.74) is 1.63. The Morgan fingerprint density at radius 1 is 1.04 bits per heavy atom. The largest absolute Gasteiger partial charge is 0.484 e. The minimum absolute atomic E-state index is 0.238. The Morgan fingerprint density at radius 2 is 1.71 bits per heavy atom. The molecule has 0 fully saturated rings. The second kappa shape index (κ2) is 8.15. The fourth-order valence-corrected chi connectivity index (χ4v) is 2.25. The van der Waals surface area contributed by atoms with E-state index in [-0.39, 0.29) is 6.61 Å². The van der Waals surface area contributed by atoms with Gasteiger partial charge >= 0.3 is 5.97 Å². The second-order valence-corrected chi connectivity index (χ2v) is 5.77. The van der Waals surface area contributed by atoms with Crippen molar-refractivity contribution in [3.05, 3.63) is 65.7 Å². The maximum atomic E-state index is 12.0. The Bertz CT molecular complexity index is 698. The molecule has 0 aliphatic carbocycles. The molecule has 0 aliphatic rings. The van der Waals surface area contributed by atoms with E-state index in [4.69, 9.17) is 4.74 Å². The first-order valence-electron chi connectivity index (χ1n) is 7.77. The van der Waals surface area contributed by atoms with Crippen molar-refractivity contribution in [3.8, 4) is 5.75 Å². The Labute approximate surface area is 141 Å². The highest BCUT2D eigenvalue weighted by Gasteiger charge is 2.21. The summed E-state index contributed by atoms with van der Waals surface area (Å²) >= 11 is 0. The lowest BCUT2D eigenvalue weighted by Crippen LogP contribution is -2.36. The summed E-state index contributed by atoms with van der Waals surface area (Å²) in [6, 6.07) is 15.0. The highest BCUT2D eigenvalue weighted by molar-refractivity contribution is 5.85. The maximum Gasteiger partial charge on any atom is 0.330 e. The Hall–Kier alpha value is -2.82. The molecule has 2 aromatic rings. The number of carboxylic acids is 1. The first kappa shape index (κ1) is 17.5. The third-order valence-electron chi connectivity index (χ3n) is 3.58. The van der Waals surface area contributed by atoms with Crippen molar-refractivity contribution in [1.82, 2.24) is 5.32 Å². The van der Waals surface area contributed by atoms with Crippen LogP contribution in [0.15, 0.2) is 54.6 Å². The molecule has 126 valence electrons. The van der Waals surface area contributed by atoms with Crippen LogP contribution in [-0.2, 0) is 9.59 Å². The van der Waals surface area contributed by atoms with Crippen LogP contribution < -0.4 is 10.1 Å². The predicted octanol–water partition coefficient (Wildman–Crippen LogP) is 3.13. The van der Waals surface area contributed by atoms with E-state index in [9.17, 15) is 14.7 Å². The molecule has 1 amide bonds. The van der Waals surface area contributed by atoms with Gasteiger partial charge < -0.3 is 15.2 Å². The topological polar surface area (TPSA) is 75.6 Å². The second-order valence-electron chi connectivity index (χ2n) is 5.77. The van der Waals surface area contributed by atoms with Crippen LogP contribution in [-0.4, -0.2) is 23.6 Å². The summed E-state index contributed by atoms with van der Waals surface area (Å²) in [4.78, 5) is 23.4. The van der Waals surface area contributed by atoms with Gasteiger partial charge in [-0.25, -0.2) is 4.79 Å². The molecule has 0 bridgehead atoms. The molecule has 2 N–H and O–H groups in total. The quantitative estimate of drug-likeness (QED) is 0.819. The third kappa shape index (κ3) is 4.84. The lowest BCUT2D eigenvalue weighted by molar-refractivity contribution is -0.142. The standard InChI is InChI=1S/C19H21NO4/c1-13(2)15-9-6-10-16(11-15)24-12-17(21)20-18(19(22)23)14-7-4-3-5-8-14/h3-11,13,18H,12H2,1-2H3,(H,20,21)(H,22,23)/t18-/m0/s1. The minimum atomic E-state index is -1.11. The van der Waals surface area contributed by atoms with E-state index in [1.54, 1.807) is 36.4 Å². The molecule has 0 heterocycles. The van der Waals surface area contributed by atoms with Crippen molar-refractivity contribution >= 4 is 11.9 Å². The molecule has 0 aliphatic heterocycles. The van der Waals surface area contributed by atoms with Crippen LogP contribution in [0.2, 0.25) is 0 Å². The first-order chi connectivity index (χ1) is 11.5. The molecule has 0 radical (unpaired) electrons. The van der Waals surface area contributed by atoms with Crippen molar-refractivity contribution < 1.29 is 19.4 Å². The maximum absolute atomic E-state index is 12.0. The van der Waals surface area contributed by atoms with Gasteiger partial charge in [0.05, 0.1) is 0 Å². The summed E-state index contributed by atoms with van der Waals surface area (Å²) in [7, 11) is 0. The summed E-state index contributed by atoms with van der Waals surface area (Å²) in [5.74, 6) is -0.655. The normalized spacial score (nSPS) is 11.8. The summed E-state index contributed by atoms with van der Waals surface area (Å²) < 4.78 is 5.47. The zero-order chi connectivity index (χ0) is 17.5. The number of nitrogens with one attached hydrogen (secondary N) is 1. The molecule has 0 aromatic heterocycles. The van der Waals surface area contributed by atoms with Gasteiger partial charge in [0, 0.05) is 0 Å². The van der Waals surface area contributed by atoms with Crippen LogP contribution in [0.3, 0.4) is 0 Å². The molecular formula is C19H21NO4. The van der Waals surface area contributed by atoms with Gasteiger partial charge in [-0.2, -0.15) is 0 Å². The lowest BCUT2D eigenvalue weighted by Gasteiger charge is -2.15. The van der Waals surface area contributed by atoms with Gasteiger partial charge in [0.2, 0.25) is 0 Å². The van der Waals surface area contributed by atoms with Crippen LogP contribution in [0.5, 0.6) is 5.75 Å². The van der Waals surface area contributed by atoms with Crippen LogP contribution in [0.4, 0.5) is 0 Å². The average molecular weight is 327 g/mol. The van der Waals surface area contributed by atoms with E-state index < -0.39 is 17.9 Å². The van der Waals surface area contributed by atoms with E-state index in [0.29, 0.717) is 17.2 Å². The summed E-state index contributed by atoms with van der Waals surface area (Å²) in [6.45, 7) is 3.91. The fraction of sp³-hybridized carbons (Fsp3) is 0.263. The van der Waals surface area contributed by atoms with Crippen molar-refractivity contribution in [2.75, 3.05) is 6.61 Å². The van der Waals surface area contributed by atoms with Gasteiger partial charge in [0.15, 0.2) is 12.6 Å². The molecule has 0 saturated heterocycles. The molecule has 5 nitrogen and oxygen atoms in total. The number of ether oxygens (including phenoxy) is 1. The van der Waals surface area contributed by atoms with Gasteiger partial charge in [-0.3, -0.25) is 4.79 Å². The molecule has 0 saturated carbocycles. The van der Waals surface area contributed by atoms with Crippen LogP contribution in [0, 0.1) is 0 Å². The number of carbonyl (C=O) groups excluding carboxylic acids is 1. The molecular weight excluding hydrogens is 306 g/mol. The van der Waals surface area contributed by atoms with E-state index in [2.05, 4.69) is 19.2 Å². The Kier molecular flexibility index (Phi) is 5.95. The molecule has 2 aromatic carbocycles. The van der Waals surface area contributed by atoms with Crippen molar-refractivity contribution in [3.63, 3.8) is 0 Å². The van der Waals surface area contributed by atoms with E-state index in [0.717, 1.165) is 5.56 Å². The van der Waals surface area contributed by atoms with Crippen LogP contribution >= 0.6 is 0 Å². The molecule has 2 rings (SSSR count). The molecule has 0 spiro atoms. The zero-order valence-corrected chi connectivity index (χ0v) is 13.7. The number of amides is 1. The van der Waals surface area contributed by atoms with E-state index in [1.165, 1.54) is 0 Å². The van der Waals surface area contributed by atoms with Crippen molar-refractivity contribution in [2.45, 2.75) is 25.8 Å². The Morgan fingerprint density at radius 3 is 2.33 bits per heavy atom. The number of aliphatic carboxylic acids is 1. The number of hydrogen-bond donors (Lipinski definition) is 2. The van der Waals surface area contributed by atoms with Gasteiger partial charge in [0.25, 0.3) is 5.91 Å². The summed E-state index contributed by atoms with van der Waals surface area (Å²) in [5, 5.41) is 11.8. The minimum Gasteiger partial charge on any atom is -0.484 e. The molecule has 0 unspecified atom stereocenters. The van der Waals surface area contributed by atoms with Gasteiger partial charge in [-0.05, 0) is 29.2 Å². The number of benzene rings is 2. The Balaban J connectivity index is 1.97. The monoisotopic (exact) mass is 327 g/mol. The van der Waals surface area contributed by atoms with Gasteiger partial charge in [-0.15, -0.1) is 0 Å². The number of carboxylic acid groups (broad SMARTS) is 1. The van der Waals surface area contributed by atoms with Gasteiger partial charge in [-0.1, -0.05) is 56.3 Å². The SMILES string of the molecule is CC(C)c1cccc(OCC(=O)N[C@H](C(=O)O)c2ccccc2)c1. The smallest absolute Gasteiger partial charge is 0.330 e. The van der Waals surface area contributed by atoms with Crippen molar-refractivity contribution in [2.24, 2.45) is 0 Å². The summed E-state index contributed by atoms with van der Waals surface area (Å²) in [6.07, 6.45) is 0. The molecule has 24 heavy (non-hydrogen) atoms. The number of rotatable bonds is 7. The number of hydrogen-bond acceptors (Lipinski definition) is 3. The van der Waals surface area contributed by atoms with Crippen LogP contribution in [0.25, 0.3) is 0 Å². The molecule has 5 heteroatoms. The van der Waals surface area contributed by atoms with Crippen LogP contribution in [0.1, 0.15) is 36.9 Å². The third-order valence-corrected chi connectivity index (χ3v) is 3.58. The average Bonchev–Trinajstić information content (AvgIpc) is 2.58. The fourth-order valence-electron chi connectivity index (χ4n) is 2.25.